The lowest BCUT2D eigenvalue weighted by Crippen LogP contribution is -2.38. The minimum atomic E-state index is 0.424. The van der Waals surface area contributed by atoms with Crippen LogP contribution in [0.1, 0.15) is 19.8 Å². The number of benzene rings is 1. The van der Waals surface area contributed by atoms with Crippen molar-refractivity contribution in [3.05, 3.63) is 30.3 Å². The normalized spacial score (nSPS) is 17.4. The largest absolute Gasteiger partial charge is 0.325 e. The van der Waals surface area contributed by atoms with Crippen LogP contribution < -0.4 is 16.6 Å². The van der Waals surface area contributed by atoms with E-state index in [1.54, 1.807) is 0 Å². The van der Waals surface area contributed by atoms with Crippen LogP contribution in [0.25, 0.3) is 0 Å². The molecule has 2 rings (SSSR count). The Kier molecular flexibility index (Phi) is 4.76. The van der Waals surface area contributed by atoms with Crippen LogP contribution >= 0.6 is 0 Å². The van der Waals surface area contributed by atoms with Crippen molar-refractivity contribution in [2.75, 3.05) is 18.9 Å². The first-order chi connectivity index (χ1) is 9.20. The topological polar surface area (TPSA) is 65.7 Å². The lowest BCUT2D eigenvalue weighted by atomic mass is 10.3. The number of nitrogens with two attached hydrogens (primary N) is 1. The third-order valence-electron chi connectivity index (χ3n) is 3.50. The molecule has 5 heteroatoms. The maximum Gasteiger partial charge on any atom is 0.210 e. The van der Waals surface area contributed by atoms with Gasteiger partial charge in [-0.05, 0) is 38.9 Å². The lowest BCUT2D eigenvalue weighted by Gasteiger charge is -2.23. The Balaban J connectivity index is 1.87. The molecule has 0 aliphatic heterocycles. The Hall–Kier alpha value is -1.59. The summed E-state index contributed by atoms with van der Waals surface area (Å²) >= 11 is 0. The van der Waals surface area contributed by atoms with Crippen molar-refractivity contribution in [2.24, 2.45) is 10.8 Å². The molecule has 1 aliphatic carbocycles. The molecule has 1 aliphatic rings. The van der Waals surface area contributed by atoms with Crippen molar-refractivity contribution < 1.29 is 0 Å². The maximum atomic E-state index is 5.50. The summed E-state index contributed by atoms with van der Waals surface area (Å²) < 4.78 is 0. The van der Waals surface area contributed by atoms with E-state index in [9.17, 15) is 0 Å². The predicted octanol–water partition coefficient (Wildman–Crippen LogP) is 1.40. The smallest absolute Gasteiger partial charge is 0.210 e. The fourth-order valence-electron chi connectivity index (χ4n) is 1.97. The first-order valence-electron chi connectivity index (χ1n) is 6.75. The van der Waals surface area contributed by atoms with E-state index in [-0.39, 0.29) is 0 Å². The Labute approximate surface area is 114 Å². The second-order valence-electron chi connectivity index (χ2n) is 5.07. The van der Waals surface area contributed by atoms with Gasteiger partial charge in [0, 0.05) is 17.8 Å². The van der Waals surface area contributed by atoms with E-state index in [0.717, 1.165) is 18.3 Å². The fourth-order valence-corrected chi connectivity index (χ4v) is 1.97. The summed E-state index contributed by atoms with van der Waals surface area (Å²) in [6, 6.07) is 11.1. The summed E-state index contributed by atoms with van der Waals surface area (Å²) in [5.41, 5.74) is 3.58. The van der Waals surface area contributed by atoms with E-state index >= 15 is 0 Å². The van der Waals surface area contributed by atoms with Gasteiger partial charge in [0.25, 0.3) is 0 Å². The zero-order chi connectivity index (χ0) is 13.7. The minimum Gasteiger partial charge on any atom is -0.325 e. The van der Waals surface area contributed by atoms with E-state index in [2.05, 4.69) is 34.6 Å². The molecule has 19 heavy (non-hydrogen) atoms. The van der Waals surface area contributed by atoms with Crippen LogP contribution in [0.4, 0.5) is 5.69 Å². The number of nitrogens with zero attached hydrogens (tertiary/aromatic N) is 2. The standard InChI is InChI=1S/C14H23N5/c1-11(19(2)13-8-9-13)10-16-14(18-15)17-12-6-4-3-5-7-12/h3-7,11,13H,8-10,15H2,1-2H3,(H2,16,17,18). The van der Waals surface area contributed by atoms with Crippen molar-refractivity contribution in [3.63, 3.8) is 0 Å². The van der Waals surface area contributed by atoms with Crippen LogP contribution in [0.3, 0.4) is 0 Å². The Morgan fingerprint density at radius 2 is 2.11 bits per heavy atom. The zero-order valence-electron chi connectivity index (χ0n) is 11.6. The Morgan fingerprint density at radius 1 is 1.42 bits per heavy atom. The summed E-state index contributed by atoms with van der Waals surface area (Å²) in [7, 11) is 2.16. The summed E-state index contributed by atoms with van der Waals surface area (Å²) in [4.78, 5) is 6.89. The van der Waals surface area contributed by atoms with E-state index < -0.39 is 0 Å². The third kappa shape index (κ3) is 4.22. The molecule has 0 bridgehead atoms. The van der Waals surface area contributed by atoms with Gasteiger partial charge in [-0.1, -0.05) is 18.2 Å². The minimum absolute atomic E-state index is 0.424. The van der Waals surface area contributed by atoms with Gasteiger partial charge in [-0.3, -0.25) is 15.3 Å². The van der Waals surface area contributed by atoms with Gasteiger partial charge in [0.1, 0.15) is 0 Å². The molecule has 1 atom stereocenters. The molecule has 104 valence electrons. The molecule has 5 nitrogen and oxygen atoms in total. The molecule has 4 N–H and O–H groups in total. The molecule has 0 heterocycles. The SMILES string of the molecule is CC(CN=C(NN)Nc1ccccc1)N(C)C1CC1. The molecular weight excluding hydrogens is 238 g/mol. The molecule has 0 spiro atoms. The van der Waals surface area contributed by atoms with Gasteiger partial charge < -0.3 is 5.32 Å². The number of hydrazine groups is 1. The quantitative estimate of drug-likeness (QED) is 0.324. The summed E-state index contributed by atoms with van der Waals surface area (Å²) in [6.45, 7) is 2.92. The highest BCUT2D eigenvalue weighted by atomic mass is 15.3. The highest BCUT2D eigenvalue weighted by Gasteiger charge is 2.28. The monoisotopic (exact) mass is 261 g/mol. The average molecular weight is 261 g/mol. The molecule has 1 saturated carbocycles. The van der Waals surface area contributed by atoms with Crippen LogP contribution in [0.15, 0.2) is 35.3 Å². The number of hydrogen-bond acceptors (Lipinski definition) is 3. The summed E-state index contributed by atoms with van der Waals surface area (Å²) in [6.07, 6.45) is 2.63. The van der Waals surface area contributed by atoms with Gasteiger partial charge >= 0.3 is 0 Å². The third-order valence-corrected chi connectivity index (χ3v) is 3.50. The highest BCUT2D eigenvalue weighted by molar-refractivity contribution is 5.93. The van der Waals surface area contributed by atoms with Crippen molar-refractivity contribution in [3.8, 4) is 0 Å². The summed E-state index contributed by atoms with van der Waals surface area (Å²) in [5, 5.41) is 3.16. The average Bonchev–Trinajstić information content (AvgIpc) is 3.27. The molecule has 1 aromatic carbocycles. The van der Waals surface area contributed by atoms with Gasteiger partial charge in [0.2, 0.25) is 5.96 Å². The van der Waals surface area contributed by atoms with Crippen molar-refractivity contribution in [2.45, 2.75) is 31.8 Å². The molecule has 1 fully saturated rings. The van der Waals surface area contributed by atoms with Crippen molar-refractivity contribution in [1.82, 2.24) is 10.3 Å². The Bertz CT molecular complexity index is 413. The number of para-hydroxylation sites is 1. The van der Waals surface area contributed by atoms with Gasteiger partial charge in [0.05, 0.1) is 6.54 Å². The molecule has 0 amide bonds. The van der Waals surface area contributed by atoms with E-state index in [4.69, 9.17) is 5.84 Å². The number of likely N-dealkylation sites (N-methyl/N-ethyl adjacent to an activating group) is 1. The molecule has 0 aromatic heterocycles. The predicted molar refractivity (Wildman–Crippen MR) is 79.9 cm³/mol. The molecule has 1 unspecified atom stereocenters. The maximum absolute atomic E-state index is 5.50. The molecule has 0 radical (unpaired) electrons. The van der Waals surface area contributed by atoms with Gasteiger partial charge in [-0.15, -0.1) is 0 Å². The number of aliphatic imine (C=N–C) groups is 1. The molecule has 1 aromatic rings. The first kappa shape index (κ1) is 13.8. The van der Waals surface area contributed by atoms with E-state index in [1.807, 2.05) is 30.3 Å². The number of rotatable bonds is 5. The van der Waals surface area contributed by atoms with Crippen LogP contribution in [-0.2, 0) is 0 Å². The van der Waals surface area contributed by atoms with Crippen LogP contribution in [-0.4, -0.2) is 36.5 Å². The molecule has 0 saturated heterocycles. The van der Waals surface area contributed by atoms with Crippen LogP contribution in [0, 0.1) is 0 Å². The number of anilines is 1. The van der Waals surface area contributed by atoms with E-state index in [1.165, 1.54) is 12.8 Å². The van der Waals surface area contributed by atoms with Gasteiger partial charge in [0.15, 0.2) is 0 Å². The number of hydrogen-bond donors (Lipinski definition) is 3. The van der Waals surface area contributed by atoms with Crippen molar-refractivity contribution >= 4 is 11.6 Å². The van der Waals surface area contributed by atoms with Crippen molar-refractivity contribution in [1.29, 1.82) is 0 Å². The second-order valence-corrected chi connectivity index (χ2v) is 5.07. The second kappa shape index (κ2) is 6.54. The van der Waals surface area contributed by atoms with E-state index in [0.29, 0.717) is 12.0 Å². The number of nitrogens with one attached hydrogen (secondary N) is 2. The van der Waals surface area contributed by atoms with Gasteiger partial charge in [-0.2, -0.15) is 0 Å². The first-order valence-corrected chi connectivity index (χ1v) is 6.75. The Morgan fingerprint density at radius 3 is 2.68 bits per heavy atom. The molecular formula is C14H23N5. The number of guanidine groups is 1. The zero-order valence-corrected chi connectivity index (χ0v) is 11.6. The lowest BCUT2D eigenvalue weighted by molar-refractivity contribution is 0.253. The van der Waals surface area contributed by atoms with Crippen LogP contribution in [0.5, 0.6) is 0 Å². The fraction of sp³-hybridized carbons (Fsp3) is 0.500. The van der Waals surface area contributed by atoms with Crippen LogP contribution in [0.2, 0.25) is 0 Å². The van der Waals surface area contributed by atoms with Gasteiger partial charge in [-0.25, -0.2) is 5.84 Å². The summed E-state index contributed by atoms with van der Waals surface area (Å²) in [5.74, 6) is 6.10. The highest BCUT2D eigenvalue weighted by Crippen LogP contribution is 2.26.